The van der Waals surface area contributed by atoms with Crippen molar-refractivity contribution in [2.45, 2.75) is 25.3 Å². The van der Waals surface area contributed by atoms with Crippen molar-refractivity contribution in [2.24, 2.45) is 11.5 Å². The van der Waals surface area contributed by atoms with Crippen LogP contribution in [-0.4, -0.2) is 25.5 Å². The molecule has 0 aliphatic carbocycles. The number of unbranched alkanes of at least 4 members (excludes halogenated alkanes) is 1. The molecule has 0 radical (unpaired) electrons. The summed E-state index contributed by atoms with van der Waals surface area (Å²) in [5.41, 5.74) is 10.4. The summed E-state index contributed by atoms with van der Waals surface area (Å²) in [6.07, 6.45) is 2.68. The molecule has 1 atom stereocenters. The van der Waals surface area contributed by atoms with Gasteiger partial charge in [0.15, 0.2) is 0 Å². The SMILES string of the molecule is CNCCCCC(N)C(N)=O. The molecule has 0 spiro atoms. The normalized spacial score (nSPS) is 12.9. The Labute approximate surface area is 67.3 Å². The fraction of sp³-hybridized carbons (Fsp3) is 0.857. The Kier molecular flexibility index (Phi) is 5.78. The first kappa shape index (κ1) is 10.4. The molecule has 0 aliphatic heterocycles. The van der Waals surface area contributed by atoms with Crippen LogP contribution in [0.2, 0.25) is 0 Å². The number of nitrogens with one attached hydrogen (secondary N) is 1. The zero-order valence-electron chi connectivity index (χ0n) is 6.97. The van der Waals surface area contributed by atoms with Crippen molar-refractivity contribution < 1.29 is 4.79 Å². The van der Waals surface area contributed by atoms with Crippen LogP contribution in [0.25, 0.3) is 0 Å². The Morgan fingerprint density at radius 2 is 2.18 bits per heavy atom. The van der Waals surface area contributed by atoms with Crippen LogP contribution in [0.4, 0.5) is 0 Å². The van der Waals surface area contributed by atoms with Crippen LogP contribution in [0.1, 0.15) is 19.3 Å². The topological polar surface area (TPSA) is 81.1 Å². The fourth-order valence-electron chi connectivity index (χ4n) is 0.808. The molecule has 11 heavy (non-hydrogen) atoms. The molecule has 0 heterocycles. The standard InChI is InChI=1S/C7H17N3O/c1-10-5-3-2-4-6(8)7(9)11/h6,10H,2-5,8H2,1H3,(H2,9,11). The summed E-state index contributed by atoms with van der Waals surface area (Å²) in [5, 5.41) is 3.01. The summed E-state index contributed by atoms with van der Waals surface area (Å²) in [7, 11) is 1.90. The third kappa shape index (κ3) is 5.82. The van der Waals surface area contributed by atoms with Gasteiger partial charge in [0.1, 0.15) is 0 Å². The maximum absolute atomic E-state index is 10.4. The Balaban J connectivity index is 3.17. The van der Waals surface area contributed by atoms with Gasteiger partial charge in [-0.05, 0) is 26.4 Å². The molecule has 0 aliphatic rings. The van der Waals surface area contributed by atoms with Crippen molar-refractivity contribution in [3.63, 3.8) is 0 Å². The second kappa shape index (κ2) is 6.12. The van der Waals surface area contributed by atoms with Gasteiger partial charge in [-0.1, -0.05) is 6.42 Å². The van der Waals surface area contributed by atoms with Crippen LogP contribution >= 0.6 is 0 Å². The van der Waals surface area contributed by atoms with Gasteiger partial charge in [-0.2, -0.15) is 0 Å². The zero-order chi connectivity index (χ0) is 8.69. The average Bonchev–Trinajstić information content (AvgIpc) is 1.97. The summed E-state index contributed by atoms with van der Waals surface area (Å²) < 4.78 is 0. The van der Waals surface area contributed by atoms with Gasteiger partial charge in [-0.3, -0.25) is 4.79 Å². The van der Waals surface area contributed by atoms with E-state index >= 15 is 0 Å². The zero-order valence-corrected chi connectivity index (χ0v) is 6.97. The van der Waals surface area contributed by atoms with Crippen LogP contribution in [-0.2, 0) is 4.79 Å². The summed E-state index contributed by atoms with van der Waals surface area (Å²) in [6, 6.07) is -0.466. The molecular weight excluding hydrogens is 142 g/mol. The Morgan fingerprint density at radius 1 is 1.55 bits per heavy atom. The number of hydrogen-bond donors (Lipinski definition) is 3. The number of carbonyl (C=O) groups excluding carboxylic acids is 1. The van der Waals surface area contributed by atoms with Crippen molar-refractivity contribution in [2.75, 3.05) is 13.6 Å². The lowest BCUT2D eigenvalue weighted by atomic mass is 10.1. The van der Waals surface area contributed by atoms with E-state index < -0.39 is 11.9 Å². The van der Waals surface area contributed by atoms with Gasteiger partial charge in [-0.15, -0.1) is 0 Å². The molecule has 0 saturated carbocycles. The molecule has 1 unspecified atom stereocenters. The molecule has 4 heteroatoms. The average molecular weight is 159 g/mol. The van der Waals surface area contributed by atoms with E-state index in [1.54, 1.807) is 0 Å². The summed E-state index contributed by atoms with van der Waals surface area (Å²) in [5.74, 6) is -0.408. The number of hydrogen-bond acceptors (Lipinski definition) is 3. The second-order valence-electron chi connectivity index (χ2n) is 2.61. The molecule has 0 fully saturated rings. The van der Waals surface area contributed by atoms with Gasteiger partial charge in [0.2, 0.25) is 5.91 Å². The van der Waals surface area contributed by atoms with Crippen LogP contribution in [0.15, 0.2) is 0 Å². The summed E-state index contributed by atoms with van der Waals surface area (Å²) in [4.78, 5) is 10.4. The van der Waals surface area contributed by atoms with Crippen molar-refractivity contribution >= 4 is 5.91 Å². The molecule has 1 amide bonds. The van der Waals surface area contributed by atoms with Gasteiger partial charge in [-0.25, -0.2) is 0 Å². The van der Waals surface area contributed by atoms with E-state index in [9.17, 15) is 4.79 Å². The van der Waals surface area contributed by atoms with E-state index in [4.69, 9.17) is 11.5 Å². The highest BCUT2D eigenvalue weighted by Crippen LogP contribution is 1.96. The van der Waals surface area contributed by atoms with E-state index in [0.717, 1.165) is 19.4 Å². The number of rotatable bonds is 6. The van der Waals surface area contributed by atoms with Crippen molar-refractivity contribution in [3.8, 4) is 0 Å². The number of primary amides is 1. The number of nitrogens with two attached hydrogens (primary N) is 2. The predicted molar refractivity (Wildman–Crippen MR) is 44.9 cm³/mol. The highest BCUT2D eigenvalue weighted by Gasteiger charge is 2.06. The van der Waals surface area contributed by atoms with Crippen LogP contribution in [0, 0.1) is 0 Å². The van der Waals surface area contributed by atoms with Crippen LogP contribution in [0.3, 0.4) is 0 Å². The predicted octanol–water partition coefficient (Wildman–Crippen LogP) is -0.811. The Morgan fingerprint density at radius 3 is 2.64 bits per heavy atom. The lowest BCUT2D eigenvalue weighted by molar-refractivity contribution is -0.119. The first-order chi connectivity index (χ1) is 5.18. The summed E-state index contributed by atoms with van der Waals surface area (Å²) in [6.45, 7) is 0.964. The van der Waals surface area contributed by atoms with Crippen molar-refractivity contribution in [1.29, 1.82) is 0 Å². The molecule has 0 saturated heterocycles. The molecule has 5 N–H and O–H groups in total. The lowest BCUT2D eigenvalue weighted by Gasteiger charge is -2.05. The molecule has 0 rings (SSSR count). The molecule has 0 aromatic heterocycles. The quantitative estimate of drug-likeness (QED) is 0.443. The third-order valence-corrected chi connectivity index (χ3v) is 1.56. The highest BCUT2D eigenvalue weighted by atomic mass is 16.1. The monoisotopic (exact) mass is 159 g/mol. The Hall–Kier alpha value is -0.610. The van der Waals surface area contributed by atoms with Gasteiger partial charge in [0.05, 0.1) is 6.04 Å². The third-order valence-electron chi connectivity index (χ3n) is 1.56. The molecule has 0 bridgehead atoms. The van der Waals surface area contributed by atoms with Crippen molar-refractivity contribution in [1.82, 2.24) is 5.32 Å². The van der Waals surface area contributed by atoms with Crippen LogP contribution in [0.5, 0.6) is 0 Å². The summed E-state index contributed by atoms with van der Waals surface area (Å²) >= 11 is 0. The Bertz CT molecular complexity index is 116. The first-order valence-corrected chi connectivity index (χ1v) is 3.88. The molecule has 4 nitrogen and oxygen atoms in total. The first-order valence-electron chi connectivity index (χ1n) is 3.88. The fourth-order valence-corrected chi connectivity index (χ4v) is 0.808. The van der Waals surface area contributed by atoms with Gasteiger partial charge in [0, 0.05) is 0 Å². The lowest BCUT2D eigenvalue weighted by Crippen LogP contribution is -2.36. The molecule has 0 aromatic carbocycles. The second-order valence-corrected chi connectivity index (χ2v) is 2.61. The van der Waals surface area contributed by atoms with Crippen molar-refractivity contribution in [3.05, 3.63) is 0 Å². The minimum Gasteiger partial charge on any atom is -0.368 e. The number of carbonyl (C=O) groups is 1. The van der Waals surface area contributed by atoms with E-state index in [0.29, 0.717) is 6.42 Å². The maximum atomic E-state index is 10.4. The van der Waals surface area contributed by atoms with Gasteiger partial charge < -0.3 is 16.8 Å². The molecule has 66 valence electrons. The van der Waals surface area contributed by atoms with E-state index in [2.05, 4.69) is 5.32 Å². The minimum absolute atomic E-state index is 0.408. The van der Waals surface area contributed by atoms with Gasteiger partial charge in [0.25, 0.3) is 0 Å². The van der Waals surface area contributed by atoms with Gasteiger partial charge >= 0.3 is 0 Å². The molecular formula is C7H17N3O. The van der Waals surface area contributed by atoms with E-state index in [1.807, 2.05) is 7.05 Å². The molecule has 0 aromatic rings. The minimum atomic E-state index is -0.466. The van der Waals surface area contributed by atoms with Crippen LogP contribution < -0.4 is 16.8 Å². The number of amides is 1. The van der Waals surface area contributed by atoms with E-state index in [-0.39, 0.29) is 0 Å². The maximum Gasteiger partial charge on any atom is 0.234 e. The largest absolute Gasteiger partial charge is 0.368 e. The smallest absolute Gasteiger partial charge is 0.234 e. The van der Waals surface area contributed by atoms with E-state index in [1.165, 1.54) is 0 Å². The highest BCUT2D eigenvalue weighted by molar-refractivity contribution is 5.79.